The van der Waals surface area contributed by atoms with Gasteiger partial charge in [-0.1, -0.05) is 6.07 Å². The molecule has 0 spiro atoms. The van der Waals surface area contributed by atoms with Gasteiger partial charge in [0.1, 0.15) is 11.6 Å². The quantitative estimate of drug-likeness (QED) is 0.315. The van der Waals surface area contributed by atoms with E-state index in [0.29, 0.717) is 12.6 Å². The summed E-state index contributed by atoms with van der Waals surface area (Å²) in [5.41, 5.74) is 3.31. The van der Waals surface area contributed by atoms with Gasteiger partial charge in [-0.3, -0.25) is 4.98 Å². The predicted molar refractivity (Wildman–Crippen MR) is 134 cm³/mol. The molecule has 1 saturated heterocycles. The first-order chi connectivity index (χ1) is 17.2. The predicted octanol–water partition coefficient (Wildman–Crippen LogP) is 3.90. The standard InChI is InChI=1S/C26H29N7O2/c34-21-8-13-33(14-9-21)12-3-15-35-22-6-1-5-20(16-22)30-26-28-11-7-23(32-26)24-18-29-25(31-24)19-4-2-10-27-17-19/h1-2,4-7,10-11,16-18,21,34H,3,8-9,12-15H2,(H,29,31)(H,28,30,32). The molecule has 0 atom stereocenters. The molecule has 0 aliphatic carbocycles. The fourth-order valence-corrected chi connectivity index (χ4v) is 4.08. The summed E-state index contributed by atoms with van der Waals surface area (Å²) in [6, 6.07) is 13.5. The Morgan fingerprint density at radius 1 is 1.06 bits per heavy atom. The van der Waals surface area contributed by atoms with Crippen LogP contribution in [0.3, 0.4) is 0 Å². The van der Waals surface area contributed by atoms with Crippen LogP contribution in [0.4, 0.5) is 11.6 Å². The van der Waals surface area contributed by atoms with E-state index in [1.165, 1.54) is 0 Å². The topological polar surface area (TPSA) is 112 Å². The van der Waals surface area contributed by atoms with E-state index in [2.05, 4.69) is 35.1 Å². The number of H-pyrrole nitrogens is 1. The number of piperidine rings is 1. The second-order valence-corrected chi connectivity index (χ2v) is 8.58. The van der Waals surface area contributed by atoms with Gasteiger partial charge in [0, 0.05) is 55.5 Å². The molecule has 0 bridgehead atoms. The number of likely N-dealkylation sites (tertiary alicyclic amines) is 1. The Labute approximate surface area is 204 Å². The average molecular weight is 472 g/mol. The van der Waals surface area contributed by atoms with Crippen molar-refractivity contribution < 1.29 is 9.84 Å². The highest BCUT2D eigenvalue weighted by atomic mass is 16.5. The number of aliphatic hydroxyl groups is 1. The van der Waals surface area contributed by atoms with E-state index in [1.807, 2.05) is 42.5 Å². The van der Waals surface area contributed by atoms with Crippen LogP contribution in [0.25, 0.3) is 22.8 Å². The monoisotopic (exact) mass is 471 g/mol. The lowest BCUT2D eigenvalue weighted by Crippen LogP contribution is -2.36. The Balaban J connectivity index is 1.17. The molecule has 1 aliphatic rings. The number of hydrogen-bond donors (Lipinski definition) is 3. The van der Waals surface area contributed by atoms with Crippen molar-refractivity contribution in [3.05, 3.63) is 67.3 Å². The summed E-state index contributed by atoms with van der Waals surface area (Å²) in [6.45, 7) is 3.56. The maximum Gasteiger partial charge on any atom is 0.227 e. The number of hydrogen-bond acceptors (Lipinski definition) is 8. The van der Waals surface area contributed by atoms with Crippen molar-refractivity contribution >= 4 is 11.6 Å². The van der Waals surface area contributed by atoms with Crippen LogP contribution in [0.1, 0.15) is 19.3 Å². The van der Waals surface area contributed by atoms with E-state index in [9.17, 15) is 5.11 Å². The normalized spacial score (nSPS) is 14.7. The summed E-state index contributed by atoms with van der Waals surface area (Å²) in [7, 11) is 0. The fraction of sp³-hybridized carbons (Fsp3) is 0.308. The van der Waals surface area contributed by atoms with Crippen LogP contribution in [0, 0.1) is 0 Å². The molecule has 0 amide bonds. The Bertz CT molecular complexity index is 1220. The Hall–Kier alpha value is -3.82. The van der Waals surface area contributed by atoms with Crippen molar-refractivity contribution in [1.29, 1.82) is 0 Å². The number of nitrogens with zero attached hydrogens (tertiary/aromatic N) is 5. The SMILES string of the molecule is OC1CCN(CCCOc2cccc(Nc3nccc(-c4cnc(-c5cccnc5)[nH]4)n3)c2)CC1. The lowest BCUT2D eigenvalue weighted by molar-refractivity contribution is 0.0800. The highest BCUT2D eigenvalue weighted by Gasteiger charge is 2.16. The molecule has 0 saturated carbocycles. The number of nitrogens with one attached hydrogen (secondary N) is 2. The first kappa shape index (κ1) is 22.9. The second kappa shape index (κ2) is 11.1. The van der Waals surface area contributed by atoms with Crippen molar-refractivity contribution in [2.75, 3.05) is 31.6 Å². The van der Waals surface area contributed by atoms with Crippen molar-refractivity contribution in [3.8, 4) is 28.5 Å². The van der Waals surface area contributed by atoms with E-state index < -0.39 is 0 Å². The van der Waals surface area contributed by atoms with Gasteiger partial charge in [-0.25, -0.2) is 15.0 Å². The van der Waals surface area contributed by atoms with Crippen molar-refractivity contribution in [3.63, 3.8) is 0 Å². The van der Waals surface area contributed by atoms with E-state index in [4.69, 9.17) is 4.74 Å². The van der Waals surface area contributed by atoms with Crippen LogP contribution in [-0.4, -0.2) is 67.3 Å². The Morgan fingerprint density at radius 2 is 1.97 bits per heavy atom. The molecule has 180 valence electrons. The van der Waals surface area contributed by atoms with Gasteiger partial charge in [0.05, 0.1) is 30.3 Å². The molecular formula is C26H29N7O2. The minimum atomic E-state index is -0.133. The zero-order valence-corrected chi connectivity index (χ0v) is 19.5. The number of imidazole rings is 1. The summed E-state index contributed by atoms with van der Waals surface area (Å²) in [6.07, 6.45) is 9.52. The van der Waals surface area contributed by atoms with Gasteiger partial charge >= 0.3 is 0 Å². The molecule has 9 nitrogen and oxygen atoms in total. The number of aromatic nitrogens is 5. The van der Waals surface area contributed by atoms with Gasteiger partial charge in [-0.05, 0) is 49.6 Å². The summed E-state index contributed by atoms with van der Waals surface area (Å²) in [5, 5.41) is 12.9. The number of pyridine rings is 1. The number of anilines is 2. The molecule has 0 unspecified atom stereocenters. The fourth-order valence-electron chi connectivity index (χ4n) is 4.08. The molecule has 3 aromatic heterocycles. The summed E-state index contributed by atoms with van der Waals surface area (Å²) in [5.74, 6) is 2.03. The number of rotatable bonds is 9. The molecular weight excluding hydrogens is 442 g/mol. The van der Waals surface area contributed by atoms with Crippen LogP contribution < -0.4 is 10.1 Å². The lowest BCUT2D eigenvalue weighted by atomic mass is 10.1. The van der Waals surface area contributed by atoms with E-state index >= 15 is 0 Å². The van der Waals surface area contributed by atoms with Crippen LogP contribution in [0.2, 0.25) is 0 Å². The number of ether oxygens (including phenoxy) is 1. The third kappa shape index (κ3) is 6.20. The molecule has 1 aromatic carbocycles. The highest BCUT2D eigenvalue weighted by Crippen LogP contribution is 2.23. The smallest absolute Gasteiger partial charge is 0.227 e. The van der Waals surface area contributed by atoms with Crippen LogP contribution >= 0.6 is 0 Å². The molecule has 1 fully saturated rings. The zero-order chi connectivity index (χ0) is 23.9. The third-order valence-corrected chi connectivity index (χ3v) is 5.98. The molecule has 35 heavy (non-hydrogen) atoms. The van der Waals surface area contributed by atoms with Crippen LogP contribution in [0.5, 0.6) is 5.75 Å². The first-order valence-electron chi connectivity index (χ1n) is 11.9. The van der Waals surface area contributed by atoms with E-state index in [1.54, 1.807) is 24.8 Å². The molecule has 0 radical (unpaired) electrons. The molecule has 3 N–H and O–H groups in total. The lowest BCUT2D eigenvalue weighted by Gasteiger charge is -2.29. The highest BCUT2D eigenvalue weighted by molar-refractivity contribution is 5.63. The van der Waals surface area contributed by atoms with Crippen LogP contribution in [0.15, 0.2) is 67.3 Å². The van der Waals surface area contributed by atoms with Crippen molar-refractivity contribution in [2.45, 2.75) is 25.4 Å². The summed E-state index contributed by atoms with van der Waals surface area (Å²) < 4.78 is 5.96. The van der Waals surface area contributed by atoms with Crippen molar-refractivity contribution in [2.24, 2.45) is 0 Å². The van der Waals surface area contributed by atoms with Gasteiger partial charge in [0.25, 0.3) is 0 Å². The van der Waals surface area contributed by atoms with Gasteiger partial charge in [-0.15, -0.1) is 0 Å². The van der Waals surface area contributed by atoms with Crippen LogP contribution in [-0.2, 0) is 0 Å². The minimum absolute atomic E-state index is 0.133. The van der Waals surface area contributed by atoms with E-state index in [0.717, 1.165) is 73.1 Å². The first-order valence-corrected chi connectivity index (χ1v) is 11.9. The number of benzene rings is 1. The third-order valence-electron chi connectivity index (χ3n) is 5.98. The van der Waals surface area contributed by atoms with E-state index in [-0.39, 0.29) is 6.10 Å². The van der Waals surface area contributed by atoms with Gasteiger partial charge in [0.15, 0.2) is 0 Å². The largest absolute Gasteiger partial charge is 0.493 e. The van der Waals surface area contributed by atoms with Gasteiger partial charge in [0.2, 0.25) is 5.95 Å². The van der Waals surface area contributed by atoms with Gasteiger partial charge in [-0.2, -0.15) is 0 Å². The summed E-state index contributed by atoms with van der Waals surface area (Å²) in [4.78, 5) is 23.3. The maximum atomic E-state index is 9.62. The molecule has 5 rings (SSSR count). The molecule has 9 heteroatoms. The summed E-state index contributed by atoms with van der Waals surface area (Å²) >= 11 is 0. The molecule has 4 heterocycles. The zero-order valence-electron chi connectivity index (χ0n) is 19.5. The Kier molecular flexibility index (Phi) is 7.26. The molecule has 4 aromatic rings. The maximum absolute atomic E-state index is 9.62. The minimum Gasteiger partial charge on any atom is -0.493 e. The van der Waals surface area contributed by atoms with Crippen molar-refractivity contribution in [1.82, 2.24) is 29.8 Å². The average Bonchev–Trinajstić information content (AvgIpc) is 3.39. The second-order valence-electron chi connectivity index (χ2n) is 8.58. The number of aromatic amines is 1. The molecule has 1 aliphatic heterocycles. The number of aliphatic hydroxyl groups excluding tert-OH is 1. The Morgan fingerprint density at radius 3 is 2.83 bits per heavy atom. The van der Waals surface area contributed by atoms with Gasteiger partial charge < -0.3 is 25.0 Å².